The third-order valence-corrected chi connectivity index (χ3v) is 5.31. The summed E-state index contributed by atoms with van der Waals surface area (Å²) in [5.74, 6) is -0.449. The molecule has 0 aliphatic carbocycles. The van der Waals surface area contributed by atoms with Gasteiger partial charge in [0.25, 0.3) is 11.8 Å². The molecular weight excluding hydrogens is 349 g/mol. The first-order valence-corrected chi connectivity index (χ1v) is 9.47. The molecule has 0 unspecified atom stereocenters. The molecule has 1 aliphatic heterocycles. The van der Waals surface area contributed by atoms with Crippen molar-refractivity contribution in [1.29, 1.82) is 0 Å². The van der Waals surface area contributed by atoms with Crippen LogP contribution >= 0.6 is 11.8 Å². The van der Waals surface area contributed by atoms with Crippen molar-refractivity contribution in [2.45, 2.75) is 27.3 Å². The van der Waals surface area contributed by atoms with Gasteiger partial charge in [0.05, 0.1) is 17.0 Å². The number of imide groups is 1. The summed E-state index contributed by atoms with van der Waals surface area (Å²) < 4.78 is 14.0. The lowest BCUT2D eigenvalue weighted by Gasteiger charge is -2.16. The summed E-state index contributed by atoms with van der Waals surface area (Å²) >= 11 is 1.36. The Kier molecular flexibility index (Phi) is 5.28. The highest BCUT2D eigenvalue weighted by atomic mass is 32.2. The lowest BCUT2D eigenvalue weighted by Crippen LogP contribution is -2.31. The minimum atomic E-state index is -0.419. The van der Waals surface area contributed by atoms with E-state index in [0.717, 1.165) is 21.6 Å². The smallest absolute Gasteiger partial charge is 0.268 e. The minimum absolute atomic E-state index is 0.0630. The lowest BCUT2D eigenvalue weighted by molar-refractivity contribution is -0.137. The van der Waals surface area contributed by atoms with Gasteiger partial charge in [-0.05, 0) is 36.8 Å². The summed E-state index contributed by atoms with van der Waals surface area (Å²) in [6, 6.07) is 12.0. The fraction of sp³-hybridized carbons (Fsp3) is 0.238. The van der Waals surface area contributed by atoms with E-state index >= 15 is 0 Å². The highest BCUT2D eigenvalue weighted by Crippen LogP contribution is 2.38. The molecule has 0 N–H and O–H groups in total. The Bertz CT molecular complexity index is 920. The van der Waals surface area contributed by atoms with E-state index in [-0.39, 0.29) is 18.4 Å². The summed E-state index contributed by atoms with van der Waals surface area (Å²) in [5, 5.41) is 0. The second kappa shape index (κ2) is 7.46. The Balaban J connectivity index is 2.03. The van der Waals surface area contributed by atoms with E-state index in [4.69, 9.17) is 0 Å². The number of benzene rings is 2. The van der Waals surface area contributed by atoms with Gasteiger partial charge in [-0.2, -0.15) is 0 Å². The Morgan fingerprint density at radius 3 is 2.42 bits per heavy atom. The van der Waals surface area contributed by atoms with Crippen LogP contribution in [-0.4, -0.2) is 22.5 Å². The predicted molar refractivity (Wildman–Crippen MR) is 103 cm³/mol. The molecule has 0 radical (unpaired) electrons. The van der Waals surface area contributed by atoms with Gasteiger partial charge >= 0.3 is 0 Å². The van der Waals surface area contributed by atoms with Gasteiger partial charge in [-0.25, -0.2) is 4.39 Å². The van der Waals surface area contributed by atoms with Crippen molar-refractivity contribution < 1.29 is 14.0 Å². The first-order valence-electron chi connectivity index (χ1n) is 8.48. The normalized spacial score (nSPS) is 14.5. The number of aryl methyl sites for hydroxylation is 2. The SMILES string of the molecule is CCSC1=C(c2ccc(C)cc2C)C(=O)N(Cc2ccccc2F)C1=O. The lowest BCUT2D eigenvalue weighted by atomic mass is 9.99. The Hall–Kier alpha value is -2.40. The average molecular weight is 369 g/mol. The molecule has 0 aromatic heterocycles. The summed E-state index contributed by atoms with van der Waals surface area (Å²) in [4.78, 5) is 27.5. The van der Waals surface area contributed by atoms with Crippen LogP contribution in [0.4, 0.5) is 4.39 Å². The van der Waals surface area contributed by atoms with Crippen LogP contribution in [0.5, 0.6) is 0 Å². The van der Waals surface area contributed by atoms with E-state index in [1.807, 2.05) is 39.0 Å². The number of halogens is 1. The maximum atomic E-state index is 14.0. The van der Waals surface area contributed by atoms with E-state index in [2.05, 4.69) is 0 Å². The molecule has 26 heavy (non-hydrogen) atoms. The number of hydrogen-bond donors (Lipinski definition) is 0. The quantitative estimate of drug-likeness (QED) is 0.730. The molecule has 0 atom stereocenters. The fourth-order valence-corrected chi connectivity index (χ4v) is 3.97. The molecule has 0 spiro atoms. The van der Waals surface area contributed by atoms with Crippen molar-refractivity contribution in [2.75, 3.05) is 5.75 Å². The Morgan fingerprint density at radius 1 is 1.04 bits per heavy atom. The van der Waals surface area contributed by atoms with Gasteiger partial charge in [0.1, 0.15) is 5.82 Å². The van der Waals surface area contributed by atoms with Gasteiger partial charge in [0.2, 0.25) is 0 Å². The first kappa shape index (κ1) is 18.4. The monoisotopic (exact) mass is 369 g/mol. The van der Waals surface area contributed by atoms with Crippen molar-refractivity contribution in [3.63, 3.8) is 0 Å². The molecule has 0 saturated carbocycles. The van der Waals surface area contributed by atoms with Crippen LogP contribution in [-0.2, 0) is 16.1 Å². The number of carbonyl (C=O) groups is 2. The summed E-state index contributed by atoms with van der Waals surface area (Å²) in [6.07, 6.45) is 0. The van der Waals surface area contributed by atoms with Gasteiger partial charge in [0, 0.05) is 5.56 Å². The van der Waals surface area contributed by atoms with Gasteiger partial charge in [-0.3, -0.25) is 14.5 Å². The summed E-state index contributed by atoms with van der Waals surface area (Å²) in [7, 11) is 0. The fourth-order valence-electron chi connectivity index (χ4n) is 3.10. The van der Waals surface area contributed by atoms with Gasteiger partial charge < -0.3 is 0 Å². The number of nitrogens with zero attached hydrogens (tertiary/aromatic N) is 1. The summed E-state index contributed by atoms with van der Waals surface area (Å²) in [5.41, 5.74) is 3.56. The first-order chi connectivity index (χ1) is 12.4. The van der Waals surface area contributed by atoms with Crippen LogP contribution < -0.4 is 0 Å². The van der Waals surface area contributed by atoms with Crippen LogP contribution in [0.3, 0.4) is 0 Å². The molecule has 134 valence electrons. The molecule has 0 saturated heterocycles. The molecule has 0 fully saturated rings. The second-order valence-electron chi connectivity index (χ2n) is 6.24. The zero-order valence-corrected chi connectivity index (χ0v) is 15.8. The van der Waals surface area contributed by atoms with Crippen LogP contribution in [0.2, 0.25) is 0 Å². The van der Waals surface area contributed by atoms with E-state index in [0.29, 0.717) is 21.8 Å². The standard InChI is InChI=1S/C21H20FNO2S/c1-4-26-19-18(16-10-9-13(2)11-14(16)3)20(24)23(21(19)25)12-15-7-5-6-8-17(15)22/h5-11H,4,12H2,1-3H3. The minimum Gasteiger partial charge on any atom is -0.269 e. The maximum Gasteiger partial charge on any atom is 0.268 e. The van der Waals surface area contributed by atoms with Crippen LogP contribution in [0.25, 0.3) is 5.57 Å². The topological polar surface area (TPSA) is 37.4 Å². The summed E-state index contributed by atoms with van der Waals surface area (Å²) in [6.45, 7) is 5.79. The Labute approximate surface area is 156 Å². The second-order valence-corrected chi connectivity index (χ2v) is 7.52. The molecular formula is C21H20FNO2S. The number of thioether (sulfide) groups is 1. The van der Waals surface area contributed by atoms with Crippen LogP contribution in [0.15, 0.2) is 47.4 Å². The van der Waals surface area contributed by atoms with E-state index in [1.54, 1.807) is 18.2 Å². The maximum absolute atomic E-state index is 14.0. The predicted octanol–water partition coefficient (Wildman–Crippen LogP) is 4.48. The molecule has 3 rings (SSSR count). The van der Waals surface area contributed by atoms with Gasteiger partial charge in [-0.15, -0.1) is 11.8 Å². The third-order valence-electron chi connectivity index (χ3n) is 4.35. The zero-order valence-electron chi connectivity index (χ0n) is 15.0. The number of carbonyl (C=O) groups excluding carboxylic acids is 2. The average Bonchev–Trinajstić information content (AvgIpc) is 2.82. The molecule has 0 bridgehead atoms. The van der Waals surface area contributed by atoms with Crippen molar-refractivity contribution in [1.82, 2.24) is 4.90 Å². The van der Waals surface area contributed by atoms with Gasteiger partial charge in [-0.1, -0.05) is 48.9 Å². The number of hydrogen-bond acceptors (Lipinski definition) is 3. The van der Waals surface area contributed by atoms with Crippen molar-refractivity contribution >= 4 is 29.1 Å². The molecule has 1 aliphatic rings. The highest BCUT2D eigenvalue weighted by molar-refractivity contribution is 8.04. The zero-order chi connectivity index (χ0) is 18.8. The molecule has 1 heterocycles. The Morgan fingerprint density at radius 2 is 1.77 bits per heavy atom. The van der Waals surface area contributed by atoms with E-state index in [1.165, 1.54) is 17.8 Å². The number of amides is 2. The molecule has 2 amide bonds. The molecule has 2 aromatic carbocycles. The van der Waals surface area contributed by atoms with Crippen molar-refractivity contribution in [3.8, 4) is 0 Å². The highest BCUT2D eigenvalue weighted by Gasteiger charge is 2.39. The van der Waals surface area contributed by atoms with Gasteiger partial charge in [0.15, 0.2) is 0 Å². The van der Waals surface area contributed by atoms with Crippen molar-refractivity contribution in [2.24, 2.45) is 0 Å². The molecule has 2 aromatic rings. The van der Waals surface area contributed by atoms with Crippen molar-refractivity contribution in [3.05, 3.63) is 75.4 Å². The third kappa shape index (κ3) is 3.31. The van der Waals surface area contributed by atoms with Crippen LogP contribution in [0, 0.1) is 19.7 Å². The molecule has 3 nitrogen and oxygen atoms in total. The molecule has 5 heteroatoms. The number of rotatable bonds is 5. The van der Waals surface area contributed by atoms with Crippen LogP contribution in [0.1, 0.15) is 29.2 Å². The van der Waals surface area contributed by atoms with E-state index in [9.17, 15) is 14.0 Å². The van der Waals surface area contributed by atoms with E-state index < -0.39 is 5.82 Å². The largest absolute Gasteiger partial charge is 0.269 e.